The van der Waals surface area contributed by atoms with E-state index in [1.807, 2.05) is 12.1 Å². The Balaban J connectivity index is 2.77. The Morgan fingerprint density at radius 2 is 1.88 bits per heavy atom. The fraction of sp³-hybridized carbons (Fsp3) is 0.462. The number of benzene rings is 1. The third-order valence-electron chi connectivity index (χ3n) is 2.65. The van der Waals surface area contributed by atoms with Crippen LogP contribution in [0.2, 0.25) is 0 Å². The number of carbonyl (C=O) groups is 1. The highest BCUT2D eigenvalue weighted by atomic mass is 16.2. The highest BCUT2D eigenvalue weighted by Gasteiger charge is 2.09. The number of hydrogen-bond acceptors (Lipinski definition) is 2. The van der Waals surface area contributed by atoms with Crippen molar-refractivity contribution in [2.45, 2.75) is 19.8 Å². The Hall–Kier alpha value is -1.35. The molecule has 1 rings (SSSR count). The maximum Gasteiger partial charge on any atom is 0.240 e. The molecule has 0 atom stereocenters. The monoisotopic (exact) mass is 220 g/mol. The summed E-state index contributed by atoms with van der Waals surface area (Å²) in [5.74, 6) is 0.590. The van der Waals surface area contributed by atoms with Gasteiger partial charge in [-0.25, -0.2) is 0 Å². The van der Waals surface area contributed by atoms with Gasteiger partial charge in [-0.05, 0) is 30.7 Å². The number of likely N-dealkylation sites (N-methyl/N-ethyl adjacent to an activating group) is 2. The molecular weight excluding hydrogens is 200 g/mol. The average molecular weight is 220 g/mol. The number of carbonyl (C=O) groups excluding carboxylic acids is 1. The summed E-state index contributed by atoms with van der Waals surface area (Å²) < 4.78 is 0. The molecule has 1 aromatic carbocycles. The van der Waals surface area contributed by atoms with Crippen LogP contribution in [-0.2, 0) is 4.79 Å². The molecule has 0 aliphatic carbocycles. The molecular formula is C13H20N2O. The van der Waals surface area contributed by atoms with Crippen LogP contribution >= 0.6 is 0 Å². The Bertz CT molecular complexity index is 343. The van der Waals surface area contributed by atoms with E-state index in [9.17, 15) is 4.79 Å². The zero-order valence-corrected chi connectivity index (χ0v) is 10.4. The van der Waals surface area contributed by atoms with Crippen molar-refractivity contribution < 1.29 is 4.79 Å². The van der Waals surface area contributed by atoms with Crippen molar-refractivity contribution in [2.75, 3.05) is 25.5 Å². The molecule has 0 aromatic heterocycles. The van der Waals surface area contributed by atoms with Crippen LogP contribution < -0.4 is 10.2 Å². The van der Waals surface area contributed by atoms with Gasteiger partial charge < -0.3 is 10.2 Å². The molecule has 16 heavy (non-hydrogen) atoms. The van der Waals surface area contributed by atoms with Gasteiger partial charge in [-0.1, -0.05) is 26.0 Å². The minimum Gasteiger partial charge on any atom is -0.314 e. The van der Waals surface area contributed by atoms with E-state index in [0.29, 0.717) is 12.5 Å². The first-order valence-electron chi connectivity index (χ1n) is 5.57. The van der Waals surface area contributed by atoms with Gasteiger partial charge in [0.1, 0.15) is 0 Å². The van der Waals surface area contributed by atoms with Crippen LogP contribution in [0.3, 0.4) is 0 Å². The van der Waals surface area contributed by atoms with Gasteiger partial charge in [0.25, 0.3) is 0 Å². The zero-order chi connectivity index (χ0) is 12.1. The number of rotatable bonds is 4. The van der Waals surface area contributed by atoms with Crippen LogP contribution in [-0.4, -0.2) is 26.5 Å². The number of nitrogens with one attached hydrogen (secondary N) is 1. The molecule has 0 radical (unpaired) electrons. The van der Waals surface area contributed by atoms with Crippen LogP contribution in [0.5, 0.6) is 0 Å². The van der Waals surface area contributed by atoms with Crippen molar-refractivity contribution in [3.05, 3.63) is 29.8 Å². The van der Waals surface area contributed by atoms with E-state index in [-0.39, 0.29) is 5.91 Å². The van der Waals surface area contributed by atoms with E-state index in [4.69, 9.17) is 0 Å². The predicted molar refractivity (Wildman–Crippen MR) is 67.9 cm³/mol. The highest BCUT2D eigenvalue weighted by molar-refractivity contribution is 5.94. The largest absolute Gasteiger partial charge is 0.314 e. The van der Waals surface area contributed by atoms with Crippen LogP contribution in [0.1, 0.15) is 25.3 Å². The molecule has 1 N–H and O–H groups in total. The predicted octanol–water partition coefficient (Wildman–Crippen LogP) is 1.99. The molecule has 1 amide bonds. The van der Waals surface area contributed by atoms with Crippen molar-refractivity contribution >= 4 is 11.6 Å². The fourth-order valence-electron chi connectivity index (χ4n) is 1.50. The highest BCUT2D eigenvalue weighted by Crippen LogP contribution is 2.19. The lowest BCUT2D eigenvalue weighted by molar-refractivity contribution is -0.117. The minimum absolute atomic E-state index is 0.0693. The number of anilines is 1. The maximum absolute atomic E-state index is 11.6. The zero-order valence-electron chi connectivity index (χ0n) is 10.4. The molecule has 1 aromatic rings. The van der Waals surface area contributed by atoms with Gasteiger partial charge in [0, 0.05) is 12.7 Å². The standard InChI is InChI=1S/C13H20N2O/c1-10(2)11-5-7-12(8-6-11)15(4)13(16)9-14-3/h5-8,10,14H,9H2,1-4H3. The van der Waals surface area contributed by atoms with E-state index in [1.54, 1.807) is 19.0 Å². The Labute approximate surface area is 97.5 Å². The molecule has 3 nitrogen and oxygen atoms in total. The van der Waals surface area contributed by atoms with Crippen molar-refractivity contribution in [2.24, 2.45) is 0 Å². The number of nitrogens with zero attached hydrogens (tertiary/aromatic N) is 1. The molecule has 0 spiro atoms. The summed E-state index contributed by atoms with van der Waals surface area (Å²) in [6.45, 7) is 4.68. The van der Waals surface area contributed by atoms with Crippen LogP contribution in [0, 0.1) is 0 Å². The van der Waals surface area contributed by atoms with Gasteiger partial charge in [0.2, 0.25) is 5.91 Å². The van der Waals surface area contributed by atoms with Crippen molar-refractivity contribution in [1.29, 1.82) is 0 Å². The van der Waals surface area contributed by atoms with Crippen molar-refractivity contribution in [3.63, 3.8) is 0 Å². The summed E-state index contributed by atoms with van der Waals surface area (Å²) in [4.78, 5) is 13.3. The van der Waals surface area contributed by atoms with Gasteiger partial charge in [-0.3, -0.25) is 4.79 Å². The molecule has 0 unspecified atom stereocenters. The molecule has 0 aliphatic heterocycles. The summed E-state index contributed by atoms with van der Waals surface area (Å²) in [5, 5.41) is 2.86. The quantitative estimate of drug-likeness (QED) is 0.841. The molecule has 0 heterocycles. The Morgan fingerprint density at radius 1 is 1.31 bits per heavy atom. The average Bonchev–Trinajstić information content (AvgIpc) is 2.28. The molecule has 3 heteroatoms. The van der Waals surface area contributed by atoms with Gasteiger partial charge in [0.05, 0.1) is 6.54 Å². The normalized spacial score (nSPS) is 10.6. The van der Waals surface area contributed by atoms with Gasteiger partial charge in [-0.2, -0.15) is 0 Å². The molecule has 0 saturated carbocycles. The summed E-state index contributed by atoms with van der Waals surface area (Å²) >= 11 is 0. The first kappa shape index (κ1) is 12.7. The van der Waals surface area contributed by atoms with E-state index >= 15 is 0 Å². The van der Waals surface area contributed by atoms with Crippen molar-refractivity contribution in [3.8, 4) is 0 Å². The second-order valence-electron chi connectivity index (χ2n) is 4.23. The summed E-state index contributed by atoms with van der Waals surface area (Å²) in [6.07, 6.45) is 0. The smallest absolute Gasteiger partial charge is 0.240 e. The maximum atomic E-state index is 11.6. The van der Waals surface area contributed by atoms with Crippen LogP contribution in [0.4, 0.5) is 5.69 Å². The van der Waals surface area contributed by atoms with Crippen LogP contribution in [0.25, 0.3) is 0 Å². The number of amides is 1. The van der Waals surface area contributed by atoms with E-state index in [0.717, 1.165) is 5.69 Å². The topological polar surface area (TPSA) is 32.3 Å². The van der Waals surface area contributed by atoms with E-state index < -0.39 is 0 Å². The second kappa shape index (κ2) is 5.66. The molecule has 88 valence electrons. The molecule has 0 saturated heterocycles. The Morgan fingerprint density at radius 3 is 2.31 bits per heavy atom. The van der Waals surface area contributed by atoms with Crippen LogP contribution in [0.15, 0.2) is 24.3 Å². The molecule has 0 aliphatic rings. The third-order valence-corrected chi connectivity index (χ3v) is 2.65. The summed E-state index contributed by atoms with van der Waals surface area (Å²) in [6, 6.07) is 8.12. The fourth-order valence-corrected chi connectivity index (χ4v) is 1.50. The SMILES string of the molecule is CNCC(=O)N(C)c1ccc(C(C)C)cc1. The first-order chi connectivity index (χ1) is 7.56. The van der Waals surface area contributed by atoms with E-state index in [1.165, 1.54) is 5.56 Å². The summed E-state index contributed by atoms with van der Waals surface area (Å²) in [5.41, 5.74) is 2.22. The summed E-state index contributed by atoms with van der Waals surface area (Å²) in [7, 11) is 3.57. The first-order valence-corrected chi connectivity index (χ1v) is 5.57. The molecule has 0 bridgehead atoms. The third kappa shape index (κ3) is 3.07. The van der Waals surface area contributed by atoms with Gasteiger partial charge in [0.15, 0.2) is 0 Å². The lowest BCUT2D eigenvalue weighted by Gasteiger charge is -2.18. The second-order valence-corrected chi connectivity index (χ2v) is 4.23. The molecule has 0 fully saturated rings. The lowest BCUT2D eigenvalue weighted by Crippen LogP contribution is -2.34. The Kier molecular flexibility index (Phi) is 4.50. The number of hydrogen-bond donors (Lipinski definition) is 1. The van der Waals surface area contributed by atoms with Gasteiger partial charge >= 0.3 is 0 Å². The van der Waals surface area contributed by atoms with Gasteiger partial charge in [-0.15, -0.1) is 0 Å². The lowest BCUT2D eigenvalue weighted by atomic mass is 10.0. The van der Waals surface area contributed by atoms with Crippen molar-refractivity contribution in [1.82, 2.24) is 5.32 Å². The van der Waals surface area contributed by atoms with E-state index in [2.05, 4.69) is 31.3 Å². The minimum atomic E-state index is 0.0693.